The average molecular weight is 409 g/mol. The normalized spacial score (nSPS) is 12.2. The van der Waals surface area contributed by atoms with Gasteiger partial charge in [0, 0.05) is 35.6 Å². The molecule has 0 amide bonds. The van der Waals surface area contributed by atoms with Crippen LogP contribution < -0.4 is 5.73 Å². The van der Waals surface area contributed by atoms with Gasteiger partial charge in [0.15, 0.2) is 9.84 Å². The first-order valence-corrected chi connectivity index (χ1v) is 11.7. The maximum absolute atomic E-state index is 13.0. The summed E-state index contributed by atoms with van der Waals surface area (Å²) in [5, 5.41) is 0. The molecule has 0 aliphatic carbocycles. The predicted molar refractivity (Wildman–Crippen MR) is 100 cm³/mol. The van der Waals surface area contributed by atoms with Crippen LogP contribution in [0.25, 0.3) is 11.1 Å². The molecule has 136 valence electrons. The van der Waals surface area contributed by atoms with Gasteiger partial charge >= 0.3 is 0 Å². The Morgan fingerprint density at radius 1 is 1.00 bits per heavy atom. The summed E-state index contributed by atoms with van der Waals surface area (Å²) in [5.74, 6) is 0. The lowest BCUT2D eigenvalue weighted by molar-refractivity contribution is 0.597. The number of thiophene rings is 1. The van der Waals surface area contributed by atoms with Gasteiger partial charge in [0.1, 0.15) is 4.21 Å². The van der Waals surface area contributed by atoms with Crippen molar-refractivity contribution in [3.63, 3.8) is 0 Å². The molecule has 9 heteroatoms. The van der Waals surface area contributed by atoms with Crippen molar-refractivity contribution in [3.05, 3.63) is 59.7 Å². The molecule has 3 rings (SSSR count). The molecule has 2 N–H and O–H groups in total. The first-order chi connectivity index (χ1) is 12.2. The zero-order chi connectivity index (χ0) is 18.9. The Hall–Kier alpha value is -2.07. The van der Waals surface area contributed by atoms with E-state index in [1.165, 1.54) is 24.3 Å². The Morgan fingerprint density at radius 2 is 1.73 bits per heavy atom. The van der Waals surface area contributed by atoms with E-state index >= 15 is 0 Å². The lowest BCUT2D eigenvalue weighted by atomic mass is 10.1. The smallest absolute Gasteiger partial charge is 0.216 e. The fourth-order valence-corrected chi connectivity index (χ4v) is 5.83. The van der Waals surface area contributed by atoms with Crippen molar-refractivity contribution in [2.75, 3.05) is 6.26 Å². The highest BCUT2D eigenvalue weighted by Crippen LogP contribution is 2.32. The molecule has 0 spiro atoms. The number of pyridine rings is 1. The van der Waals surface area contributed by atoms with E-state index in [1.54, 1.807) is 30.6 Å². The maximum Gasteiger partial charge on any atom is 0.216 e. The summed E-state index contributed by atoms with van der Waals surface area (Å²) in [7, 11) is -7.46. The quantitative estimate of drug-likeness (QED) is 0.695. The van der Waals surface area contributed by atoms with Crippen molar-refractivity contribution >= 4 is 31.0 Å². The van der Waals surface area contributed by atoms with Gasteiger partial charge < -0.3 is 5.73 Å². The molecule has 0 atom stereocenters. The lowest BCUT2D eigenvalue weighted by Gasteiger charge is -2.09. The summed E-state index contributed by atoms with van der Waals surface area (Å²) in [6, 6.07) is 10.7. The molecule has 3 aromatic rings. The van der Waals surface area contributed by atoms with Crippen LogP contribution in [0.1, 0.15) is 4.88 Å². The summed E-state index contributed by atoms with van der Waals surface area (Å²) >= 11 is 1.07. The summed E-state index contributed by atoms with van der Waals surface area (Å²) in [4.78, 5) is 4.60. The zero-order valence-electron chi connectivity index (χ0n) is 13.8. The van der Waals surface area contributed by atoms with E-state index in [2.05, 4.69) is 4.98 Å². The van der Waals surface area contributed by atoms with Gasteiger partial charge in [-0.15, -0.1) is 11.3 Å². The molecule has 0 fully saturated rings. The number of nitrogens with two attached hydrogens (primary N) is 1. The maximum atomic E-state index is 13.0. The minimum absolute atomic E-state index is 0.0620. The molecule has 2 heterocycles. The topological polar surface area (TPSA) is 107 Å². The minimum atomic E-state index is -3.86. The van der Waals surface area contributed by atoms with Crippen LogP contribution in [-0.2, 0) is 26.2 Å². The van der Waals surface area contributed by atoms with Crippen molar-refractivity contribution in [3.8, 4) is 11.1 Å². The Bertz CT molecular complexity index is 1150. The van der Waals surface area contributed by atoms with E-state index in [0.717, 1.165) is 22.5 Å². The molecule has 2 aromatic heterocycles. The molecule has 26 heavy (non-hydrogen) atoms. The number of rotatable bonds is 5. The standard InChI is InChI=1S/C17H16N2O4S3/c1-25(20,21)15-7-13(12-3-2-6-19-11-12)8-16(9-15)26(22,23)17-5-4-14(10-18)24-17/h2-9,11H,10,18H2,1H3. The third-order valence-corrected chi connectivity index (χ3v) is 8.14. The van der Waals surface area contributed by atoms with Gasteiger partial charge in [-0.05, 0) is 42.0 Å². The second kappa shape index (κ2) is 6.92. The summed E-state index contributed by atoms with van der Waals surface area (Å²) in [5.41, 5.74) is 6.65. The second-order valence-corrected chi connectivity index (χ2v) is 11.0. The van der Waals surface area contributed by atoms with Gasteiger partial charge in [-0.1, -0.05) is 6.07 Å². The molecule has 1 aromatic carbocycles. The third kappa shape index (κ3) is 3.70. The highest BCUT2D eigenvalue weighted by Gasteiger charge is 2.23. The molecule has 0 radical (unpaired) electrons. The SMILES string of the molecule is CS(=O)(=O)c1cc(-c2cccnc2)cc(S(=O)(=O)c2ccc(CN)s2)c1. The second-order valence-electron chi connectivity index (χ2n) is 5.64. The van der Waals surface area contributed by atoms with Crippen molar-refractivity contribution in [1.29, 1.82) is 0 Å². The van der Waals surface area contributed by atoms with Crippen LogP contribution in [-0.4, -0.2) is 28.1 Å². The summed E-state index contributed by atoms with van der Waals surface area (Å²) < 4.78 is 50.2. The number of sulfone groups is 2. The monoisotopic (exact) mass is 408 g/mol. The lowest BCUT2D eigenvalue weighted by Crippen LogP contribution is -2.04. The van der Waals surface area contributed by atoms with Gasteiger partial charge in [-0.3, -0.25) is 4.98 Å². The van der Waals surface area contributed by atoms with Crippen molar-refractivity contribution < 1.29 is 16.8 Å². The molecule has 0 unspecified atom stereocenters. The van der Waals surface area contributed by atoms with Crippen molar-refractivity contribution in [1.82, 2.24) is 4.98 Å². The largest absolute Gasteiger partial charge is 0.326 e. The van der Waals surface area contributed by atoms with E-state index in [1.807, 2.05) is 0 Å². The fraction of sp³-hybridized carbons (Fsp3) is 0.118. The highest BCUT2D eigenvalue weighted by atomic mass is 32.2. The Labute approximate surface area is 156 Å². The van der Waals surface area contributed by atoms with Crippen LogP contribution in [0.3, 0.4) is 0 Å². The Balaban J connectivity index is 2.24. The van der Waals surface area contributed by atoms with Crippen LogP contribution in [0.15, 0.2) is 68.9 Å². The Morgan fingerprint density at radius 3 is 2.31 bits per heavy atom. The van der Waals surface area contributed by atoms with Crippen LogP contribution in [0.4, 0.5) is 0 Å². The van der Waals surface area contributed by atoms with Gasteiger partial charge in [0.2, 0.25) is 9.84 Å². The summed E-state index contributed by atoms with van der Waals surface area (Å²) in [6.45, 7) is 0.241. The van der Waals surface area contributed by atoms with Gasteiger partial charge in [0.25, 0.3) is 0 Å². The van der Waals surface area contributed by atoms with Crippen LogP contribution in [0.5, 0.6) is 0 Å². The number of nitrogens with zero attached hydrogens (tertiary/aromatic N) is 1. The number of hydrogen-bond acceptors (Lipinski definition) is 7. The summed E-state index contributed by atoms with van der Waals surface area (Å²) in [6.07, 6.45) is 4.18. The first kappa shape index (κ1) is 18.7. The molecular formula is C17H16N2O4S3. The van der Waals surface area contributed by atoms with Gasteiger partial charge in [0.05, 0.1) is 9.79 Å². The minimum Gasteiger partial charge on any atom is -0.326 e. The van der Waals surface area contributed by atoms with Gasteiger partial charge in [-0.2, -0.15) is 0 Å². The molecule has 0 bridgehead atoms. The van der Waals surface area contributed by atoms with Crippen LogP contribution >= 0.6 is 11.3 Å². The van der Waals surface area contributed by atoms with E-state index in [0.29, 0.717) is 11.1 Å². The third-order valence-electron chi connectivity index (χ3n) is 3.72. The van der Waals surface area contributed by atoms with E-state index < -0.39 is 19.7 Å². The van der Waals surface area contributed by atoms with Crippen LogP contribution in [0, 0.1) is 0 Å². The van der Waals surface area contributed by atoms with E-state index in [9.17, 15) is 16.8 Å². The average Bonchev–Trinajstić information content (AvgIpc) is 3.11. The number of aromatic nitrogens is 1. The zero-order valence-corrected chi connectivity index (χ0v) is 16.2. The molecule has 0 saturated carbocycles. The predicted octanol–water partition coefficient (Wildman–Crippen LogP) is 2.51. The van der Waals surface area contributed by atoms with E-state index in [-0.39, 0.29) is 20.5 Å². The van der Waals surface area contributed by atoms with Crippen molar-refractivity contribution in [2.24, 2.45) is 5.73 Å². The molecular weight excluding hydrogens is 392 g/mol. The first-order valence-electron chi connectivity index (χ1n) is 7.51. The van der Waals surface area contributed by atoms with E-state index in [4.69, 9.17) is 5.73 Å². The highest BCUT2D eigenvalue weighted by molar-refractivity contribution is 7.93. The number of benzene rings is 1. The molecule has 0 saturated heterocycles. The van der Waals surface area contributed by atoms with Crippen molar-refractivity contribution in [2.45, 2.75) is 20.5 Å². The van der Waals surface area contributed by atoms with Gasteiger partial charge in [-0.25, -0.2) is 16.8 Å². The van der Waals surface area contributed by atoms with Crippen LogP contribution in [0.2, 0.25) is 0 Å². The fourth-order valence-electron chi connectivity index (χ4n) is 2.37. The Kier molecular flexibility index (Phi) is 4.98. The molecule has 6 nitrogen and oxygen atoms in total. The molecule has 0 aliphatic rings. The number of hydrogen-bond donors (Lipinski definition) is 1. The molecule has 0 aliphatic heterocycles.